The number of nitrogens with zero attached hydrogens (tertiary/aromatic N) is 3. The molecule has 0 amide bonds. The molecular weight excluding hydrogens is 342 g/mol. The maximum Gasteiger partial charge on any atom is 0.369 e. The number of esters is 1. The molecule has 0 aliphatic carbocycles. The van der Waals surface area contributed by atoms with Crippen LogP contribution in [0.3, 0.4) is 0 Å². The number of nitriles is 1. The third-order valence-corrected chi connectivity index (χ3v) is 5.77. The Morgan fingerprint density at radius 2 is 2.08 bits per heavy atom. The SMILES string of the molecule is CCOC(=O)c1nnc(-c2cc3cc(C(C)C)cc(C#N)c3s2)s1. The highest BCUT2D eigenvalue weighted by molar-refractivity contribution is 7.26. The van der Waals surface area contributed by atoms with Crippen molar-refractivity contribution in [3.8, 4) is 16.0 Å². The van der Waals surface area contributed by atoms with E-state index in [4.69, 9.17) is 4.74 Å². The van der Waals surface area contributed by atoms with Crippen molar-refractivity contribution in [3.63, 3.8) is 0 Å². The molecule has 0 unspecified atom stereocenters. The molecule has 7 heteroatoms. The molecule has 2 heterocycles. The first-order valence-corrected chi connectivity index (χ1v) is 9.15. The number of hydrogen-bond donors (Lipinski definition) is 0. The monoisotopic (exact) mass is 357 g/mol. The standard InChI is InChI=1S/C17H15N3O2S2/c1-4-22-17(21)16-20-19-15(24-16)13-7-11-5-10(9(2)3)6-12(8-18)14(11)23-13/h5-7,9H,4H2,1-3H3. The van der Waals surface area contributed by atoms with Gasteiger partial charge in [-0.25, -0.2) is 4.79 Å². The van der Waals surface area contributed by atoms with E-state index >= 15 is 0 Å². The van der Waals surface area contributed by atoms with Gasteiger partial charge in [-0.3, -0.25) is 0 Å². The molecule has 0 fully saturated rings. The summed E-state index contributed by atoms with van der Waals surface area (Å²) in [6.07, 6.45) is 0. The molecule has 0 atom stereocenters. The summed E-state index contributed by atoms with van der Waals surface area (Å²) in [7, 11) is 0. The van der Waals surface area contributed by atoms with Crippen molar-refractivity contribution in [3.05, 3.63) is 34.3 Å². The van der Waals surface area contributed by atoms with Crippen LogP contribution in [0.4, 0.5) is 0 Å². The minimum Gasteiger partial charge on any atom is -0.461 e. The fourth-order valence-electron chi connectivity index (χ4n) is 2.30. The third kappa shape index (κ3) is 3.03. The molecule has 3 aromatic rings. The van der Waals surface area contributed by atoms with Gasteiger partial charge in [0.1, 0.15) is 6.07 Å². The molecule has 24 heavy (non-hydrogen) atoms. The summed E-state index contributed by atoms with van der Waals surface area (Å²) in [5.74, 6) is -0.107. The van der Waals surface area contributed by atoms with E-state index in [1.165, 1.54) is 22.7 Å². The predicted octanol–water partition coefficient (Wildman–Crippen LogP) is 4.59. The van der Waals surface area contributed by atoms with Gasteiger partial charge in [0.05, 0.1) is 21.7 Å². The van der Waals surface area contributed by atoms with Crippen LogP contribution in [0, 0.1) is 11.3 Å². The molecule has 0 N–H and O–H groups in total. The minimum absolute atomic E-state index is 0.243. The van der Waals surface area contributed by atoms with Crippen molar-refractivity contribution in [2.45, 2.75) is 26.7 Å². The Morgan fingerprint density at radius 1 is 1.29 bits per heavy atom. The summed E-state index contributed by atoms with van der Waals surface area (Å²) in [5, 5.41) is 19.3. The van der Waals surface area contributed by atoms with Gasteiger partial charge < -0.3 is 4.74 Å². The summed E-state index contributed by atoms with van der Waals surface area (Å²) < 4.78 is 5.88. The van der Waals surface area contributed by atoms with E-state index < -0.39 is 5.97 Å². The molecule has 2 aromatic heterocycles. The molecule has 0 aliphatic rings. The van der Waals surface area contributed by atoms with Crippen LogP contribution in [0.2, 0.25) is 0 Å². The molecule has 0 aliphatic heterocycles. The van der Waals surface area contributed by atoms with Crippen molar-refractivity contribution < 1.29 is 9.53 Å². The molecule has 0 radical (unpaired) electrons. The first kappa shape index (κ1) is 16.6. The highest BCUT2D eigenvalue weighted by Gasteiger charge is 2.17. The van der Waals surface area contributed by atoms with E-state index in [2.05, 4.69) is 36.2 Å². The molecule has 0 bridgehead atoms. The first-order chi connectivity index (χ1) is 11.5. The number of ether oxygens (including phenoxy) is 1. The molecule has 1 aromatic carbocycles. The summed E-state index contributed by atoms with van der Waals surface area (Å²) in [4.78, 5) is 12.6. The predicted molar refractivity (Wildman–Crippen MR) is 95.5 cm³/mol. The van der Waals surface area contributed by atoms with Crippen LogP contribution in [0.5, 0.6) is 0 Å². The fourth-order valence-corrected chi connectivity index (χ4v) is 4.18. The van der Waals surface area contributed by atoms with Crippen molar-refractivity contribution in [1.82, 2.24) is 10.2 Å². The molecule has 0 saturated carbocycles. The van der Waals surface area contributed by atoms with Crippen LogP contribution < -0.4 is 0 Å². The second kappa shape index (κ2) is 6.67. The lowest BCUT2D eigenvalue weighted by Gasteiger charge is -2.05. The largest absolute Gasteiger partial charge is 0.461 e. The highest BCUT2D eigenvalue weighted by Crippen LogP contribution is 2.38. The quantitative estimate of drug-likeness (QED) is 0.638. The number of carbonyl (C=O) groups is 1. The van der Waals surface area contributed by atoms with Gasteiger partial charge in [0.25, 0.3) is 0 Å². The lowest BCUT2D eigenvalue weighted by Crippen LogP contribution is -2.03. The minimum atomic E-state index is -0.456. The number of benzene rings is 1. The van der Waals surface area contributed by atoms with Gasteiger partial charge in [0.15, 0.2) is 5.01 Å². The number of hydrogen-bond acceptors (Lipinski definition) is 7. The van der Waals surface area contributed by atoms with Crippen LogP contribution in [0.25, 0.3) is 20.0 Å². The zero-order valence-corrected chi connectivity index (χ0v) is 15.1. The number of aromatic nitrogens is 2. The van der Waals surface area contributed by atoms with Crippen LogP contribution in [0.15, 0.2) is 18.2 Å². The lowest BCUT2D eigenvalue weighted by molar-refractivity contribution is 0.0525. The highest BCUT2D eigenvalue weighted by atomic mass is 32.1. The van der Waals surface area contributed by atoms with E-state index in [9.17, 15) is 10.1 Å². The van der Waals surface area contributed by atoms with Gasteiger partial charge in [0, 0.05) is 0 Å². The second-order valence-electron chi connectivity index (χ2n) is 5.50. The van der Waals surface area contributed by atoms with Crippen molar-refractivity contribution >= 4 is 38.7 Å². The fraction of sp³-hybridized carbons (Fsp3) is 0.294. The molecule has 122 valence electrons. The van der Waals surface area contributed by atoms with Crippen molar-refractivity contribution in [2.75, 3.05) is 6.61 Å². The lowest BCUT2D eigenvalue weighted by atomic mass is 9.99. The summed E-state index contributed by atoms with van der Waals surface area (Å²) in [5.41, 5.74) is 1.80. The third-order valence-electron chi connectivity index (χ3n) is 3.51. The molecule has 3 rings (SSSR count). The van der Waals surface area contributed by atoms with Gasteiger partial charge in [-0.05, 0) is 42.0 Å². The van der Waals surface area contributed by atoms with Gasteiger partial charge in [-0.15, -0.1) is 21.5 Å². The Morgan fingerprint density at radius 3 is 2.75 bits per heavy atom. The van der Waals surface area contributed by atoms with E-state index in [-0.39, 0.29) is 5.01 Å². The smallest absolute Gasteiger partial charge is 0.369 e. The van der Waals surface area contributed by atoms with Gasteiger partial charge in [-0.2, -0.15) is 5.26 Å². The van der Waals surface area contributed by atoms with E-state index in [1.54, 1.807) is 6.92 Å². The van der Waals surface area contributed by atoms with Gasteiger partial charge >= 0.3 is 5.97 Å². The summed E-state index contributed by atoms with van der Waals surface area (Å²) >= 11 is 2.70. The second-order valence-corrected chi connectivity index (χ2v) is 7.53. The average Bonchev–Trinajstić information content (AvgIpc) is 3.20. The molecular formula is C17H15N3O2S2. The van der Waals surface area contributed by atoms with Crippen molar-refractivity contribution in [1.29, 1.82) is 5.26 Å². The van der Waals surface area contributed by atoms with E-state index in [0.717, 1.165) is 20.5 Å². The van der Waals surface area contributed by atoms with E-state index in [0.29, 0.717) is 23.1 Å². The summed E-state index contributed by atoms with van der Waals surface area (Å²) in [6.45, 7) is 6.26. The molecule has 5 nitrogen and oxygen atoms in total. The van der Waals surface area contributed by atoms with Crippen LogP contribution in [-0.4, -0.2) is 22.8 Å². The Balaban J connectivity index is 2.05. The topological polar surface area (TPSA) is 75.9 Å². The van der Waals surface area contributed by atoms with Crippen molar-refractivity contribution in [2.24, 2.45) is 0 Å². The maximum atomic E-state index is 11.7. The van der Waals surface area contributed by atoms with Crippen LogP contribution in [0.1, 0.15) is 47.6 Å². The molecule has 0 spiro atoms. The number of fused-ring (bicyclic) bond motifs is 1. The zero-order valence-electron chi connectivity index (χ0n) is 13.5. The number of carbonyl (C=O) groups excluding carboxylic acids is 1. The first-order valence-electron chi connectivity index (χ1n) is 7.52. The summed E-state index contributed by atoms with van der Waals surface area (Å²) in [6, 6.07) is 8.32. The van der Waals surface area contributed by atoms with Crippen LogP contribution in [-0.2, 0) is 4.74 Å². The Kier molecular flexibility index (Phi) is 4.60. The number of thiophene rings is 1. The number of rotatable bonds is 4. The Bertz CT molecular complexity index is 951. The van der Waals surface area contributed by atoms with Gasteiger partial charge in [0.2, 0.25) is 5.01 Å². The normalized spacial score (nSPS) is 11.0. The van der Waals surface area contributed by atoms with Crippen LogP contribution >= 0.6 is 22.7 Å². The maximum absolute atomic E-state index is 11.7. The zero-order chi connectivity index (χ0) is 17.3. The average molecular weight is 357 g/mol. The Hall–Kier alpha value is -2.30. The van der Waals surface area contributed by atoms with Gasteiger partial charge in [-0.1, -0.05) is 25.2 Å². The molecule has 0 saturated heterocycles. The Labute approximate surface area is 147 Å². The van der Waals surface area contributed by atoms with E-state index in [1.807, 2.05) is 12.1 Å².